The SMILES string of the molecule is O=[N+]([O-])c1cccc(-c2cc(-c3c(Cl)cccc3Cl)n[nH]2)c1. The van der Waals surface area contributed by atoms with Gasteiger partial charge in [0.05, 0.1) is 26.4 Å². The zero-order valence-corrected chi connectivity index (χ0v) is 12.6. The van der Waals surface area contributed by atoms with Gasteiger partial charge in [-0.1, -0.05) is 41.4 Å². The molecule has 0 aliphatic rings. The Morgan fingerprint density at radius 2 is 1.73 bits per heavy atom. The number of H-pyrrole nitrogens is 1. The van der Waals surface area contributed by atoms with Gasteiger partial charge < -0.3 is 0 Å². The molecule has 1 aromatic heterocycles. The van der Waals surface area contributed by atoms with Crippen molar-refractivity contribution in [2.24, 2.45) is 0 Å². The molecule has 0 bridgehead atoms. The molecule has 0 atom stereocenters. The first-order chi connectivity index (χ1) is 10.6. The van der Waals surface area contributed by atoms with Crippen LogP contribution < -0.4 is 0 Å². The van der Waals surface area contributed by atoms with E-state index in [0.29, 0.717) is 32.6 Å². The van der Waals surface area contributed by atoms with Crippen LogP contribution in [0.1, 0.15) is 0 Å². The maximum Gasteiger partial charge on any atom is 0.270 e. The average Bonchev–Trinajstić information content (AvgIpc) is 2.97. The fourth-order valence-electron chi connectivity index (χ4n) is 2.13. The van der Waals surface area contributed by atoms with Crippen LogP contribution in [0.5, 0.6) is 0 Å². The second kappa shape index (κ2) is 5.79. The fourth-order valence-corrected chi connectivity index (χ4v) is 2.72. The Labute approximate surface area is 135 Å². The van der Waals surface area contributed by atoms with Crippen LogP contribution in [0.25, 0.3) is 22.5 Å². The van der Waals surface area contributed by atoms with Gasteiger partial charge in [-0.05, 0) is 18.2 Å². The highest BCUT2D eigenvalue weighted by atomic mass is 35.5. The van der Waals surface area contributed by atoms with E-state index in [2.05, 4.69) is 10.2 Å². The Kier molecular flexibility index (Phi) is 3.83. The molecule has 0 saturated heterocycles. The van der Waals surface area contributed by atoms with Crippen molar-refractivity contribution >= 4 is 28.9 Å². The van der Waals surface area contributed by atoms with Gasteiger partial charge in [-0.25, -0.2) is 0 Å². The highest BCUT2D eigenvalue weighted by Crippen LogP contribution is 2.35. The molecule has 1 N–H and O–H groups in total. The van der Waals surface area contributed by atoms with Crippen LogP contribution in [0.2, 0.25) is 10.0 Å². The number of nitro benzene ring substituents is 1. The van der Waals surface area contributed by atoms with Gasteiger partial charge in [-0.15, -0.1) is 0 Å². The molecule has 110 valence electrons. The molecule has 0 saturated carbocycles. The molecule has 0 unspecified atom stereocenters. The number of aromatic amines is 1. The standard InChI is InChI=1S/C15H9Cl2N3O2/c16-11-5-2-6-12(17)15(11)14-8-13(18-19-14)9-3-1-4-10(7-9)20(21)22/h1-8H,(H,18,19). The van der Waals surface area contributed by atoms with E-state index in [-0.39, 0.29) is 5.69 Å². The summed E-state index contributed by atoms with van der Waals surface area (Å²) < 4.78 is 0. The smallest absolute Gasteiger partial charge is 0.270 e. The van der Waals surface area contributed by atoms with E-state index >= 15 is 0 Å². The molecule has 2 aromatic carbocycles. The topological polar surface area (TPSA) is 71.8 Å². The van der Waals surface area contributed by atoms with Crippen molar-refractivity contribution in [1.82, 2.24) is 10.2 Å². The summed E-state index contributed by atoms with van der Waals surface area (Å²) in [6, 6.07) is 13.3. The second-order valence-corrected chi connectivity index (χ2v) is 5.39. The normalized spacial score (nSPS) is 10.6. The van der Waals surface area contributed by atoms with Gasteiger partial charge >= 0.3 is 0 Å². The zero-order valence-electron chi connectivity index (χ0n) is 11.1. The molecule has 0 spiro atoms. The van der Waals surface area contributed by atoms with E-state index in [4.69, 9.17) is 23.2 Å². The third-order valence-electron chi connectivity index (χ3n) is 3.16. The number of benzene rings is 2. The van der Waals surface area contributed by atoms with Crippen LogP contribution in [0, 0.1) is 10.1 Å². The number of nitrogens with zero attached hydrogens (tertiary/aromatic N) is 2. The lowest BCUT2D eigenvalue weighted by Crippen LogP contribution is -1.88. The van der Waals surface area contributed by atoms with Crippen LogP contribution in [0.3, 0.4) is 0 Å². The third kappa shape index (κ3) is 2.68. The van der Waals surface area contributed by atoms with Crippen molar-refractivity contribution in [2.75, 3.05) is 0 Å². The molecule has 7 heteroatoms. The van der Waals surface area contributed by atoms with Crippen molar-refractivity contribution < 1.29 is 4.92 Å². The van der Waals surface area contributed by atoms with E-state index in [1.165, 1.54) is 12.1 Å². The number of halogens is 2. The highest BCUT2D eigenvalue weighted by Gasteiger charge is 2.14. The van der Waals surface area contributed by atoms with Gasteiger partial charge in [0, 0.05) is 23.3 Å². The molecule has 0 amide bonds. The molecular formula is C15H9Cl2N3O2. The van der Waals surface area contributed by atoms with E-state index in [0.717, 1.165) is 0 Å². The Balaban J connectivity index is 2.05. The molecule has 22 heavy (non-hydrogen) atoms. The number of hydrogen-bond acceptors (Lipinski definition) is 3. The Morgan fingerprint density at radius 3 is 2.41 bits per heavy atom. The van der Waals surface area contributed by atoms with Gasteiger partial charge in [0.1, 0.15) is 0 Å². The lowest BCUT2D eigenvalue weighted by atomic mass is 10.1. The summed E-state index contributed by atoms with van der Waals surface area (Å²) in [7, 11) is 0. The van der Waals surface area contributed by atoms with Crippen molar-refractivity contribution in [3.8, 4) is 22.5 Å². The van der Waals surface area contributed by atoms with E-state index in [1.807, 2.05) is 0 Å². The van der Waals surface area contributed by atoms with E-state index < -0.39 is 4.92 Å². The van der Waals surface area contributed by atoms with E-state index in [1.54, 1.807) is 36.4 Å². The predicted octanol–water partition coefficient (Wildman–Crippen LogP) is 4.96. The first kappa shape index (κ1) is 14.6. The van der Waals surface area contributed by atoms with Gasteiger partial charge in [-0.2, -0.15) is 5.10 Å². The largest absolute Gasteiger partial charge is 0.277 e. The first-order valence-electron chi connectivity index (χ1n) is 6.31. The lowest BCUT2D eigenvalue weighted by Gasteiger charge is -2.02. The third-order valence-corrected chi connectivity index (χ3v) is 3.79. The van der Waals surface area contributed by atoms with Crippen LogP contribution in [-0.4, -0.2) is 15.1 Å². The average molecular weight is 334 g/mol. The minimum Gasteiger partial charge on any atom is -0.277 e. The number of aromatic nitrogens is 2. The molecular weight excluding hydrogens is 325 g/mol. The summed E-state index contributed by atoms with van der Waals surface area (Å²) in [5, 5.41) is 18.9. The number of rotatable bonds is 3. The lowest BCUT2D eigenvalue weighted by molar-refractivity contribution is -0.384. The van der Waals surface area contributed by atoms with E-state index in [9.17, 15) is 10.1 Å². The zero-order chi connectivity index (χ0) is 15.7. The van der Waals surface area contributed by atoms with Gasteiger partial charge in [-0.3, -0.25) is 15.2 Å². The molecule has 3 rings (SSSR count). The monoisotopic (exact) mass is 333 g/mol. The summed E-state index contributed by atoms with van der Waals surface area (Å²) in [4.78, 5) is 10.4. The van der Waals surface area contributed by atoms with Gasteiger partial charge in [0.2, 0.25) is 0 Å². The molecule has 0 radical (unpaired) electrons. The molecule has 0 fully saturated rings. The highest BCUT2D eigenvalue weighted by molar-refractivity contribution is 6.39. The van der Waals surface area contributed by atoms with Crippen molar-refractivity contribution in [1.29, 1.82) is 0 Å². The minimum absolute atomic E-state index is 0.0180. The maximum absolute atomic E-state index is 10.8. The maximum atomic E-state index is 10.8. The number of nitro groups is 1. The summed E-state index contributed by atoms with van der Waals surface area (Å²) >= 11 is 12.3. The molecule has 0 aliphatic carbocycles. The number of non-ortho nitro benzene ring substituents is 1. The summed E-state index contributed by atoms with van der Waals surface area (Å²) in [5.41, 5.74) is 2.53. The van der Waals surface area contributed by atoms with Gasteiger partial charge in [0.15, 0.2) is 0 Å². The van der Waals surface area contributed by atoms with Crippen LogP contribution in [-0.2, 0) is 0 Å². The van der Waals surface area contributed by atoms with Gasteiger partial charge in [0.25, 0.3) is 5.69 Å². The number of nitrogens with one attached hydrogen (secondary N) is 1. The fraction of sp³-hybridized carbons (Fsp3) is 0. The molecule has 5 nitrogen and oxygen atoms in total. The Hall–Kier alpha value is -2.37. The van der Waals surface area contributed by atoms with Crippen molar-refractivity contribution in [3.05, 3.63) is 68.7 Å². The molecule has 0 aliphatic heterocycles. The Bertz CT molecular complexity index is 841. The number of hydrogen-bond donors (Lipinski definition) is 1. The Morgan fingerprint density at radius 1 is 1.05 bits per heavy atom. The van der Waals surface area contributed by atoms with Crippen LogP contribution in [0.15, 0.2) is 48.5 Å². The summed E-state index contributed by atoms with van der Waals surface area (Å²) in [6.45, 7) is 0. The van der Waals surface area contributed by atoms with Crippen LogP contribution in [0.4, 0.5) is 5.69 Å². The predicted molar refractivity (Wildman–Crippen MR) is 86.1 cm³/mol. The molecule has 1 heterocycles. The summed E-state index contributed by atoms with van der Waals surface area (Å²) in [5.74, 6) is 0. The minimum atomic E-state index is -0.439. The van der Waals surface area contributed by atoms with Crippen molar-refractivity contribution in [2.45, 2.75) is 0 Å². The quantitative estimate of drug-likeness (QED) is 0.543. The first-order valence-corrected chi connectivity index (χ1v) is 7.06. The van der Waals surface area contributed by atoms with Crippen LogP contribution >= 0.6 is 23.2 Å². The van der Waals surface area contributed by atoms with Crippen molar-refractivity contribution in [3.63, 3.8) is 0 Å². The summed E-state index contributed by atoms with van der Waals surface area (Å²) in [6.07, 6.45) is 0. The molecule has 3 aromatic rings. The second-order valence-electron chi connectivity index (χ2n) is 4.57.